The molecule has 0 saturated heterocycles. The van der Waals surface area contributed by atoms with Gasteiger partial charge in [-0.3, -0.25) is 5.41 Å². The Morgan fingerprint density at radius 3 is 2.69 bits per heavy atom. The molecule has 0 amide bonds. The lowest BCUT2D eigenvalue weighted by Gasteiger charge is -2.11. The van der Waals surface area contributed by atoms with Crippen molar-refractivity contribution < 1.29 is 9.47 Å². The van der Waals surface area contributed by atoms with Gasteiger partial charge in [0.15, 0.2) is 11.5 Å². The number of unbranched alkanes of at least 4 members (excludes halogenated alkanes) is 1. The first-order valence-corrected chi connectivity index (χ1v) is 5.34. The lowest BCUT2D eigenvalue weighted by Crippen LogP contribution is -2.11. The van der Waals surface area contributed by atoms with E-state index in [0.29, 0.717) is 23.7 Å². The summed E-state index contributed by atoms with van der Waals surface area (Å²) in [6.07, 6.45) is 2.10. The standard InChI is InChI=1S/C12H18N2O2/c1-3-4-7-16-10-6-5-9(12(13)14)8-11(10)15-2/h5-6,8H,3-4,7H2,1-2H3,(H3,13,14). The number of nitrogens with one attached hydrogen (secondary N) is 1. The fourth-order valence-corrected chi connectivity index (χ4v) is 1.28. The smallest absolute Gasteiger partial charge is 0.161 e. The minimum Gasteiger partial charge on any atom is -0.493 e. The normalized spacial score (nSPS) is 9.88. The monoisotopic (exact) mass is 222 g/mol. The Labute approximate surface area is 95.9 Å². The number of methoxy groups -OCH3 is 1. The Balaban J connectivity index is 2.80. The van der Waals surface area contributed by atoms with Crippen molar-refractivity contribution in [2.75, 3.05) is 13.7 Å². The van der Waals surface area contributed by atoms with Crippen LogP contribution in [0.4, 0.5) is 0 Å². The summed E-state index contributed by atoms with van der Waals surface area (Å²) in [5.74, 6) is 1.34. The Morgan fingerprint density at radius 2 is 2.12 bits per heavy atom. The van der Waals surface area contributed by atoms with E-state index in [9.17, 15) is 0 Å². The van der Waals surface area contributed by atoms with Gasteiger partial charge in [0.2, 0.25) is 0 Å². The molecule has 0 atom stereocenters. The molecule has 0 spiro atoms. The van der Waals surface area contributed by atoms with Crippen molar-refractivity contribution in [2.24, 2.45) is 5.73 Å². The van der Waals surface area contributed by atoms with Crippen molar-refractivity contribution in [3.8, 4) is 11.5 Å². The molecule has 16 heavy (non-hydrogen) atoms. The summed E-state index contributed by atoms with van der Waals surface area (Å²) < 4.78 is 10.8. The largest absolute Gasteiger partial charge is 0.493 e. The van der Waals surface area contributed by atoms with Crippen LogP contribution in [0.15, 0.2) is 18.2 Å². The Hall–Kier alpha value is -1.71. The van der Waals surface area contributed by atoms with Crippen molar-refractivity contribution in [3.05, 3.63) is 23.8 Å². The molecular formula is C12H18N2O2. The summed E-state index contributed by atoms with van der Waals surface area (Å²) in [5.41, 5.74) is 6.03. The predicted molar refractivity (Wildman–Crippen MR) is 64.4 cm³/mol. The number of nitrogens with two attached hydrogens (primary N) is 1. The molecule has 0 aliphatic rings. The highest BCUT2D eigenvalue weighted by Crippen LogP contribution is 2.28. The van der Waals surface area contributed by atoms with Crippen molar-refractivity contribution in [3.63, 3.8) is 0 Å². The molecule has 0 aliphatic carbocycles. The highest BCUT2D eigenvalue weighted by Gasteiger charge is 2.06. The first-order valence-electron chi connectivity index (χ1n) is 5.34. The minimum atomic E-state index is 0.0263. The van der Waals surface area contributed by atoms with E-state index >= 15 is 0 Å². The van der Waals surface area contributed by atoms with Crippen molar-refractivity contribution in [2.45, 2.75) is 19.8 Å². The second-order valence-electron chi connectivity index (χ2n) is 3.48. The quantitative estimate of drug-likeness (QED) is 0.440. The van der Waals surface area contributed by atoms with Gasteiger partial charge in [-0.25, -0.2) is 0 Å². The number of rotatable bonds is 6. The maximum atomic E-state index is 7.33. The Kier molecular flexibility index (Phi) is 4.64. The van der Waals surface area contributed by atoms with E-state index in [1.54, 1.807) is 25.3 Å². The van der Waals surface area contributed by atoms with Gasteiger partial charge in [0.1, 0.15) is 5.84 Å². The van der Waals surface area contributed by atoms with Crippen LogP contribution in [0.3, 0.4) is 0 Å². The van der Waals surface area contributed by atoms with Crippen LogP contribution >= 0.6 is 0 Å². The van der Waals surface area contributed by atoms with Crippen LogP contribution in [-0.2, 0) is 0 Å². The number of hydrogen-bond acceptors (Lipinski definition) is 3. The lowest BCUT2D eigenvalue weighted by atomic mass is 10.2. The van der Waals surface area contributed by atoms with Gasteiger partial charge in [-0.2, -0.15) is 0 Å². The van der Waals surface area contributed by atoms with Crippen LogP contribution in [0.5, 0.6) is 11.5 Å². The van der Waals surface area contributed by atoms with E-state index in [2.05, 4.69) is 6.92 Å². The zero-order valence-corrected chi connectivity index (χ0v) is 9.75. The van der Waals surface area contributed by atoms with Crippen molar-refractivity contribution in [1.82, 2.24) is 0 Å². The van der Waals surface area contributed by atoms with Gasteiger partial charge in [0.25, 0.3) is 0 Å². The van der Waals surface area contributed by atoms with Crippen LogP contribution in [0, 0.1) is 5.41 Å². The molecule has 0 heterocycles. The van der Waals surface area contributed by atoms with E-state index in [1.165, 1.54) is 0 Å². The molecule has 0 unspecified atom stereocenters. The Bertz CT molecular complexity index is 364. The molecule has 3 N–H and O–H groups in total. The summed E-state index contributed by atoms with van der Waals surface area (Å²) >= 11 is 0. The number of amidine groups is 1. The van der Waals surface area contributed by atoms with E-state index in [4.69, 9.17) is 20.6 Å². The average Bonchev–Trinajstić information content (AvgIpc) is 2.29. The lowest BCUT2D eigenvalue weighted by molar-refractivity contribution is 0.288. The van der Waals surface area contributed by atoms with E-state index in [0.717, 1.165) is 12.8 Å². The zero-order valence-electron chi connectivity index (χ0n) is 9.75. The molecule has 4 nitrogen and oxygen atoms in total. The molecule has 0 saturated carbocycles. The molecule has 1 aromatic rings. The first-order chi connectivity index (χ1) is 7.69. The third-order valence-electron chi connectivity index (χ3n) is 2.23. The molecular weight excluding hydrogens is 204 g/mol. The van der Waals surface area contributed by atoms with Gasteiger partial charge in [-0.05, 0) is 24.6 Å². The van der Waals surface area contributed by atoms with Gasteiger partial charge in [-0.1, -0.05) is 13.3 Å². The van der Waals surface area contributed by atoms with Crippen molar-refractivity contribution >= 4 is 5.84 Å². The maximum absolute atomic E-state index is 7.33. The van der Waals surface area contributed by atoms with Crippen LogP contribution in [0.1, 0.15) is 25.3 Å². The average molecular weight is 222 g/mol. The molecule has 1 aromatic carbocycles. The van der Waals surface area contributed by atoms with Crippen LogP contribution in [0.25, 0.3) is 0 Å². The summed E-state index contributed by atoms with van der Waals surface area (Å²) in [4.78, 5) is 0. The van der Waals surface area contributed by atoms with Gasteiger partial charge in [-0.15, -0.1) is 0 Å². The van der Waals surface area contributed by atoms with Gasteiger partial charge in [0, 0.05) is 5.56 Å². The summed E-state index contributed by atoms with van der Waals surface area (Å²) in [7, 11) is 1.58. The summed E-state index contributed by atoms with van der Waals surface area (Å²) in [6.45, 7) is 2.78. The molecule has 4 heteroatoms. The molecule has 0 radical (unpaired) electrons. The topological polar surface area (TPSA) is 68.3 Å². The van der Waals surface area contributed by atoms with Gasteiger partial charge in [0.05, 0.1) is 13.7 Å². The molecule has 88 valence electrons. The van der Waals surface area contributed by atoms with E-state index < -0.39 is 0 Å². The van der Waals surface area contributed by atoms with E-state index in [-0.39, 0.29) is 5.84 Å². The highest BCUT2D eigenvalue weighted by atomic mass is 16.5. The minimum absolute atomic E-state index is 0.0263. The second kappa shape index (κ2) is 6.00. The molecule has 0 bridgehead atoms. The zero-order chi connectivity index (χ0) is 12.0. The fourth-order valence-electron chi connectivity index (χ4n) is 1.28. The first kappa shape index (κ1) is 12.4. The van der Waals surface area contributed by atoms with Crippen LogP contribution < -0.4 is 15.2 Å². The SMILES string of the molecule is CCCCOc1ccc(C(=N)N)cc1OC. The van der Waals surface area contributed by atoms with Crippen LogP contribution in [-0.4, -0.2) is 19.6 Å². The number of hydrogen-bond donors (Lipinski definition) is 2. The number of ether oxygens (including phenoxy) is 2. The molecule has 0 fully saturated rings. The predicted octanol–water partition coefficient (Wildman–Crippen LogP) is 2.16. The van der Waals surface area contributed by atoms with Crippen molar-refractivity contribution in [1.29, 1.82) is 5.41 Å². The number of benzene rings is 1. The highest BCUT2D eigenvalue weighted by molar-refractivity contribution is 5.95. The third-order valence-corrected chi connectivity index (χ3v) is 2.23. The van der Waals surface area contributed by atoms with E-state index in [1.807, 2.05) is 0 Å². The second-order valence-corrected chi connectivity index (χ2v) is 3.48. The maximum Gasteiger partial charge on any atom is 0.161 e. The Morgan fingerprint density at radius 1 is 1.38 bits per heavy atom. The van der Waals surface area contributed by atoms with Crippen LogP contribution in [0.2, 0.25) is 0 Å². The summed E-state index contributed by atoms with van der Waals surface area (Å²) in [6, 6.07) is 5.25. The summed E-state index contributed by atoms with van der Waals surface area (Å²) in [5, 5.41) is 7.33. The molecule has 0 aliphatic heterocycles. The number of nitrogen functional groups attached to an aromatic ring is 1. The molecule has 1 rings (SSSR count). The third kappa shape index (κ3) is 3.15. The fraction of sp³-hybridized carbons (Fsp3) is 0.417. The molecule has 0 aromatic heterocycles. The van der Waals surface area contributed by atoms with Gasteiger partial charge >= 0.3 is 0 Å². The van der Waals surface area contributed by atoms with Gasteiger partial charge < -0.3 is 15.2 Å².